The molecular weight excluding hydrogens is 524 g/mol. The molecule has 15 nitrogen and oxygen atoms in total. The lowest BCUT2D eigenvalue weighted by Crippen LogP contribution is -2.32. The molecule has 2 N–H and O–H groups in total. The van der Waals surface area contributed by atoms with Gasteiger partial charge in [0.15, 0.2) is 0 Å². The summed E-state index contributed by atoms with van der Waals surface area (Å²) < 4.78 is 23.3. The first-order valence-corrected chi connectivity index (χ1v) is 11.9. The van der Waals surface area contributed by atoms with Crippen LogP contribution >= 0.6 is 0 Å². The van der Waals surface area contributed by atoms with Crippen molar-refractivity contribution in [2.75, 3.05) is 4.90 Å². The molecule has 0 unspecified atom stereocenters. The number of amidine groups is 1. The van der Waals surface area contributed by atoms with Gasteiger partial charge in [-0.3, -0.25) is 40.0 Å². The smallest absolute Gasteiger partial charge is 0.266 e. The van der Waals surface area contributed by atoms with Gasteiger partial charge in [0.25, 0.3) is 23.0 Å². The lowest BCUT2D eigenvalue weighted by Gasteiger charge is -2.18. The Labute approximate surface area is 212 Å². The zero-order valence-electron chi connectivity index (χ0n) is 18.8. The van der Waals surface area contributed by atoms with E-state index in [-0.39, 0.29) is 33.4 Å². The van der Waals surface area contributed by atoms with E-state index in [1.54, 1.807) is 0 Å². The molecule has 192 valence electrons. The van der Waals surface area contributed by atoms with Crippen LogP contribution in [0.5, 0.6) is 0 Å². The molecule has 4 rings (SSSR count). The molecule has 0 saturated carbocycles. The number of non-ortho nitro benzene ring substituents is 3. The molecule has 0 aromatic heterocycles. The maximum absolute atomic E-state index is 13.4. The second kappa shape index (κ2) is 9.60. The van der Waals surface area contributed by atoms with Crippen molar-refractivity contribution in [3.63, 3.8) is 0 Å². The number of rotatable bonds is 7. The Bertz CT molecular complexity index is 1650. The Morgan fingerprint density at radius 1 is 0.789 bits per heavy atom. The van der Waals surface area contributed by atoms with E-state index < -0.39 is 42.1 Å². The van der Waals surface area contributed by atoms with E-state index >= 15 is 0 Å². The molecule has 16 heteroatoms. The highest BCUT2D eigenvalue weighted by atomic mass is 32.2. The van der Waals surface area contributed by atoms with Gasteiger partial charge in [-0.05, 0) is 48.0 Å². The number of sulfonamides is 1. The SMILES string of the molecule is NS(=O)(=O)c1ccc(N2C(=O)C(=Cc3ccc([N+](=O)[O-])cc3)N=C2c2cc([N+](=O)[O-])cc([N+](=O)[O-])c2)cc1. The second-order valence-electron chi connectivity index (χ2n) is 7.75. The molecular formula is C22H14N6O9S. The highest BCUT2D eigenvalue weighted by molar-refractivity contribution is 7.89. The molecule has 0 atom stereocenters. The number of amides is 1. The van der Waals surface area contributed by atoms with E-state index in [1.165, 1.54) is 42.5 Å². The summed E-state index contributed by atoms with van der Waals surface area (Å²) in [7, 11) is -4.06. The van der Waals surface area contributed by atoms with Gasteiger partial charge in [0.2, 0.25) is 10.0 Å². The first-order valence-electron chi connectivity index (χ1n) is 10.3. The summed E-state index contributed by atoms with van der Waals surface area (Å²) in [4.78, 5) is 49.8. The van der Waals surface area contributed by atoms with Crippen LogP contribution in [0.25, 0.3) is 6.08 Å². The number of nitro groups is 3. The van der Waals surface area contributed by atoms with Gasteiger partial charge in [0.05, 0.1) is 31.4 Å². The van der Waals surface area contributed by atoms with Crippen LogP contribution in [0.3, 0.4) is 0 Å². The third-order valence-corrected chi connectivity index (χ3v) is 6.20. The minimum Gasteiger partial charge on any atom is -0.266 e. The lowest BCUT2D eigenvalue weighted by molar-refractivity contribution is -0.394. The lowest BCUT2D eigenvalue weighted by atomic mass is 10.1. The number of nitrogens with zero attached hydrogens (tertiary/aromatic N) is 5. The third-order valence-electron chi connectivity index (χ3n) is 5.27. The van der Waals surface area contributed by atoms with Gasteiger partial charge in [-0.25, -0.2) is 18.5 Å². The predicted octanol–water partition coefficient (Wildman–Crippen LogP) is 2.89. The number of primary sulfonamides is 1. The number of carbonyl (C=O) groups is 1. The van der Waals surface area contributed by atoms with E-state index in [2.05, 4.69) is 4.99 Å². The van der Waals surface area contributed by atoms with Crippen molar-refractivity contribution in [3.05, 3.63) is 114 Å². The Balaban J connectivity index is 1.89. The largest absolute Gasteiger partial charge is 0.282 e. The van der Waals surface area contributed by atoms with E-state index in [4.69, 9.17) is 5.14 Å². The number of nitrogens with two attached hydrogens (primary N) is 1. The third kappa shape index (κ3) is 5.11. The van der Waals surface area contributed by atoms with Crippen LogP contribution in [0.1, 0.15) is 11.1 Å². The molecule has 0 fully saturated rings. The number of carbonyl (C=O) groups excluding carboxylic acids is 1. The van der Waals surface area contributed by atoms with Crippen LogP contribution in [0.15, 0.2) is 82.3 Å². The molecule has 1 amide bonds. The highest BCUT2D eigenvalue weighted by Gasteiger charge is 2.34. The summed E-state index contributed by atoms with van der Waals surface area (Å²) in [5.41, 5.74) is -1.32. The zero-order chi connectivity index (χ0) is 27.8. The van der Waals surface area contributed by atoms with Crippen molar-refractivity contribution in [3.8, 4) is 0 Å². The molecule has 38 heavy (non-hydrogen) atoms. The predicted molar refractivity (Wildman–Crippen MR) is 133 cm³/mol. The van der Waals surface area contributed by atoms with Gasteiger partial charge >= 0.3 is 0 Å². The molecule has 1 heterocycles. The fourth-order valence-corrected chi connectivity index (χ4v) is 4.04. The Hall–Kier alpha value is -5.35. The first kappa shape index (κ1) is 25.7. The Morgan fingerprint density at radius 2 is 1.32 bits per heavy atom. The van der Waals surface area contributed by atoms with Crippen molar-refractivity contribution in [1.82, 2.24) is 0 Å². The summed E-state index contributed by atoms with van der Waals surface area (Å²) in [6, 6.07) is 12.7. The van der Waals surface area contributed by atoms with Crippen LogP contribution < -0.4 is 10.0 Å². The molecule has 0 aliphatic carbocycles. The monoisotopic (exact) mass is 538 g/mol. The fourth-order valence-electron chi connectivity index (χ4n) is 3.52. The molecule has 0 spiro atoms. The number of nitro benzene ring substituents is 3. The van der Waals surface area contributed by atoms with E-state index in [1.807, 2.05) is 0 Å². The molecule has 3 aromatic rings. The van der Waals surface area contributed by atoms with Crippen LogP contribution in [0, 0.1) is 30.3 Å². The van der Waals surface area contributed by atoms with Crippen molar-refractivity contribution in [2.45, 2.75) is 4.90 Å². The minimum atomic E-state index is -4.06. The van der Waals surface area contributed by atoms with Crippen LogP contribution in [0.4, 0.5) is 22.7 Å². The van der Waals surface area contributed by atoms with Crippen molar-refractivity contribution < 1.29 is 28.0 Å². The van der Waals surface area contributed by atoms with Crippen molar-refractivity contribution in [2.24, 2.45) is 10.1 Å². The van der Waals surface area contributed by atoms with Gasteiger partial charge < -0.3 is 0 Å². The van der Waals surface area contributed by atoms with E-state index in [9.17, 15) is 43.6 Å². The molecule has 0 saturated heterocycles. The molecule has 3 aromatic carbocycles. The molecule has 1 aliphatic rings. The average molecular weight is 538 g/mol. The normalized spacial score (nSPS) is 14.4. The van der Waals surface area contributed by atoms with Gasteiger partial charge in [0.1, 0.15) is 11.5 Å². The number of hydrogen-bond donors (Lipinski definition) is 1. The van der Waals surface area contributed by atoms with Gasteiger partial charge in [-0.1, -0.05) is 0 Å². The van der Waals surface area contributed by atoms with Crippen LogP contribution in [-0.4, -0.2) is 34.9 Å². The first-order chi connectivity index (χ1) is 17.8. The summed E-state index contributed by atoms with van der Waals surface area (Å²) >= 11 is 0. The Kier molecular flexibility index (Phi) is 6.50. The Morgan fingerprint density at radius 3 is 1.79 bits per heavy atom. The maximum Gasteiger partial charge on any atom is 0.282 e. The van der Waals surface area contributed by atoms with Gasteiger partial charge in [-0.2, -0.15) is 0 Å². The summed E-state index contributed by atoms with van der Waals surface area (Å²) in [5, 5.41) is 38.8. The van der Waals surface area contributed by atoms with Gasteiger partial charge in [0, 0.05) is 29.8 Å². The number of hydrogen-bond acceptors (Lipinski definition) is 10. The summed E-state index contributed by atoms with van der Waals surface area (Å²) in [6.07, 6.45) is 1.30. The minimum absolute atomic E-state index is 0.0856. The standard InChI is InChI=1S/C22H14N6O9S/c23-38(36,37)19-7-5-15(6-8-19)25-21(14-10-17(27(32)33)12-18(11-14)28(34)35)24-20(22(25)29)9-13-1-3-16(4-2-13)26(30)31/h1-12H,(H2,23,36,37). The fraction of sp³-hybridized carbons (Fsp3) is 0. The van der Waals surface area contributed by atoms with Crippen molar-refractivity contribution in [1.29, 1.82) is 0 Å². The topological polar surface area (TPSA) is 222 Å². The maximum atomic E-state index is 13.4. The summed E-state index contributed by atoms with van der Waals surface area (Å²) in [5.74, 6) is -0.964. The quantitative estimate of drug-likeness (QED) is 0.265. The van der Waals surface area contributed by atoms with E-state index in [0.717, 1.165) is 35.2 Å². The average Bonchev–Trinajstić information content (AvgIpc) is 3.19. The number of aliphatic imine (C=N–C) groups is 1. The van der Waals surface area contributed by atoms with Gasteiger partial charge in [-0.15, -0.1) is 0 Å². The second-order valence-corrected chi connectivity index (χ2v) is 9.31. The zero-order valence-corrected chi connectivity index (χ0v) is 19.6. The molecule has 0 radical (unpaired) electrons. The highest BCUT2D eigenvalue weighted by Crippen LogP contribution is 2.32. The van der Waals surface area contributed by atoms with Crippen LogP contribution in [-0.2, 0) is 14.8 Å². The van der Waals surface area contributed by atoms with Crippen molar-refractivity contribution >= 4 is 50.6 Å². The molecule has 1 aliphatic heterocycles. The number of benzene rings is 3. The number of anilines is 1. The van der Waals surface area contributed by atoms with Crippen LogP contribution in [0.2, 0.25) is 0 Å². The molecule has 0 bridgehead atoms. The van der Waals surface area contributed by atoms with E-state index in [0.29, 0.717) is 5.56 Å². The summed E-state index contributed by atoms with van der Waals surface area (Å²) in [6.45, 7) is 0.